The van der Waals surface area contributed by atoms with Crippen molar-refractivity contribution in [2.75, 3.05) is 6.54 Å². The van der Waals surface area contributed by atoms with E-state index in [1.54, 1.807) is 25.3 Å². The van der Waals surface area contributed by atoms with Crippen LogP contribution in [0.1, 0.15) is 23.9 Å². The van der Waals surface area contributed by atoms with Crippen molar-refractivity contribution in [2.24, 2.45) is 0 Å². The van der Waals surface area contributed by atoms with E-state index >= 15 is 0 Å². The van der Waals surface area contributed by atoms with Crippen LogP contribution < -0.4 is 5.32 Å². The number of hydrogen-bond donors (Lipinski definition) is 1. The number of carbonyl (C=O) groups is 1. The quantitative estimate of drug-likeness (QED) is 0.614. The Morgan fingerprint density at radius 3 is 2.77 bits per heavy atom. The summed E-state index contributed by atoms with van der Waals surface area (Å²) in [5.41, 5.74) is 0.831. The molecule has 9 heteroatoms. The van der Waals surface area contributed by atoms with Gasteiger partial charge in [-0.15, -0.1) is 5.10 Å². The van der Waals surface area contributed by atoms with E-state index in [-0.39, 0.29) is 11.7 Å². The second-order valence-electron chi connectivity index (χ2n) is 5.93. The van der Waals surface area contributed by atoms with Crippen molar-refractivity contribution < 1.29 is 9.18 Å². The molecule has 0 radical (unpaired) electrons. The molecule has 0 bridgehead atoms. The molecule has 0 fully saturated rings. The molecule has 0 unspecified atom stereocenters. The highest BCUT2D eigenvalue weighted by Gasteiger charge is 2.24. The van der Waals surface area contributed by atoms with Crippen LogP contribution >= 0.6 is 0 Å². The molecule has 136 valence electrons. The Hall–Kier alpha value is -3.10. The first-order valence-corrected chi connectivity index (χ1v) is 8.37. The maximum absolute atomic E-state index is 13.1. The van der Waals surface area contributed by atoms with Crippen LogP contribution in [0.5, 0.6) is 0 Å². The van der Waals surface area contributed by atoms with Gasteiger partial charge in [-0.1, -0.05) is 12.1 Å². The van der Waals surface area contributed by atoms with Crippen molar-refractivity contribution >= 4 is 5.91 Å². The third-order valence-electron chi connectivity index (χ3n) is 4.02. The standard InChI is InChI=1S/C17H20FN7O/c1-13-21-22-23-25(13)16(12-14-4-6-15(18)7-5-14)17(26)19-8-2-10-24-11-3-9-20-24/h3-7,9,11,16H,2,8,10,12H2,1H3,(H,19,26)/t16-/m1/s1. The Balaban J connectivity index is 1.63. The minimum atomic E-state index is -0.597. The monoisotopic (exact) mass is 357 g/mol. The lowest BCUT2D eigenvalue weighted by Crippen LogP contribution is -2.35. The third-order valence-corrected chi connectivity index (χ3v) is 4.02. The first-order chi connectivity index (χ1) is 12.6. The Morgan fingerprint density at radius 1 is 1.31 bits per heavy atom. The number of aromatic nitrogens is 6. The largest absolute Gasteiger partial charge is 0.354 e. The zero-order valence-corrected chi connectivity index (χ0v) is 14.4. The smallest absolute Gasteiger partial charge is 0.245 e. The maximum Gasteiger partial charge on any atom is 0.245 e. The van der Waals surface area contributed by atoms with Crippen LogP contribution in [-0.2, 0) is 17.8 Å². The van der Waals surface area contributed by atoms with Gasteiger partial charge in [-0.25, -0.2) is 9.07 Å². The van der Waals surface area contributed by atoms with Gasteiger partial charge < -0.3 is 5.32 Å². The molecular formula is C17H20FN7O. The summed E-state index contributed by atoms with van der Waals surface area (Å²) in [5.74, 6) is 0.0565. The van der Waals surface area contributed by atoms with E-state index in [2.05, 4.69) is 25.9 Å². The highest BCUT2D eigenvalue weighted by atomic mass is 19.1. The normalized spacial score (nSPS) is 12.1. The molecule has 1 N–H and O–H groups in total. The molecule has 0 spiro atoms. The Labute approximate surface area is 150 Å². The predicted octanol–water partition coefficient (Wildman–Crippen LogP) is 1.31. The van der Waals surface area contributed by atoms with Gasteiger partial charge in [0.05, 0.1) is 0 Å². The van der Waals surface area contributed by atoms with E-state index < -0.39 is 6.04 Å². The Kier molecular flexibility index (Phi) is 5.67. The summed E-state index contributed by atoms with van der Waals surface area (Å²) in [7, 11) is 0. The molecule has 3 aromatic rings. The number of aryl methyl sites for hydroxylation is 2. The van der Waals surface area contributed by atoms with Gasteiger partial charge in [-0.2, -0.15) is 5.10 Å². The average Bonchev–Trinajstić information content (AvgIpc) is 3.30. The SMILES string of the molecule is Cc1nnnn1[C@H](Cc1ccc(F)cc1)C(=O)NCCCn1cccn1. The lowest BCUT2D eigenvalue weighted by molar-refractivity contribution is -0.124. The topological polar surface area (TPSA) is 90.5 Å². The molecule has 2 heterocycles. The molecule has 1 amide bonds. The van der Waals surface area contributed by atoms with E-state index in [9.17, 15) is 9.18 Å². The van der Waals surface area contributed by atoms with Crippen LogP contribution in [0.2, 0.25) is 0 Å². The lowest BCUT2D eigenvalue weighted by atomic mass is 10.1. The zero-order chi connectivity index (χ0) is 18.4. The molecule has 2 aromatic heterocycles. The molecule has 1 atom stereocenters. The molecule has 0 saturated heterocycles. The van der Waals surface area contributed by atoms with E-state index in [1.807, 2.05) is 16.9 Å². The number of amides is 1. The summed E-state index contributed by atoms with van der Waals surface area (Å²) >= 11 is 0. The van der Waals surface area contributed by atoms with E-state index in [0.29, 0.717) is 18.8 Å². The minimum absolute atomic E-state index is 0.176. The van der Waals surface area contributed by atoms with Crippen molar-refractivity contribution in [3.63, 3.8) is 0 Å². The average molecular weight is 357 g/mol. The predicted molar refractivity (Wildman–Crippen MR) is 91.5 cm³/mol. The number of nitrogens with one attached hydrogen (secondary N) is 1. The van der Waals surface area contributed by atoms with Gasteiger partial charge >= 0.3 is 0 Å². The minimum Gasteiger partial charge on any atom is -0.354 e. The highest BCUT2D eigenvalue weighted by Crippen LogP contribution is 2.15. The maximum atomic E-state index is 13.1. The number of nitrogens with zero attached hydrogens (tertiary/aromatic N) is 6. The molecule has 8 nitrogen and oxygen atoms in total. The van der Waals surface area contributed by atoms with Gasteiger partial charge in [0.25, 0.3) is 0 Å². The van der Waals surface area contributed by atoms with Crippen LogP contribution in [-0.4, -0.2) is 42.4 Å². The second kappa shape index (κ2) is 8.32. The number of rotatable bonds is 8. The van der Waals surface area contributed by atoms with Crippen LogP contribution in [0.4, 0.5) is 4.39 Å². The molecule has 0 aliphatic heterocycles. The summed E-state index contributed by atoms with van der Waals surface area (Å²) in [6, 6.07) is 7.33. The van der Waals surface area contributed by atoms with Crippen LogP contribution in [0, 0.1) is 12.7 Å². The van der Waals surface area contributed by atoms with Gasteiger partial charge in [-0.05, 0) is 47.5 Å². The van der Waals surface area contributed by atoms with Crippen molar-refractivity contribution in [2.45, 2.75) is 32.4 Å². The number of tetrazole rings is 1. The summed E-state index contributed by atoms with van der Waals surface area (Å²) < 4.78 is 16.4. The lowest BCUT2D eigenvalue weighted by Gasteiger charge is -2.17. The second-order valence-corrected chi connectivity index (χ2v) is 5.93. The molecule has 0 aliphatic carbocycles. The van der Waals surface area contributed by atoms with E-state index in [0.717, 1.165) is 18.5 Å². The van der Waals surface area contributed by atoms with Gasteiger partial charge in [0.2, 0.25) is 5.91 Å². The third kappa shape index (κ3) is 4.50. The van der Waals surface area contributed by atoms with Crippen LogP contribution in [0.15, 0.2) is 42.7 Å². The molecular weight excluding hydrogens is 337 g/mol. The van der Waals surface area contributed by atoms with Gasteiger partial charge in [0.1, 0.15) is 17.7 Å². The highest BCUT2D eigenvalue weighted by molar-refractivity contribution is 5.80. The molecule has 3 rings (SSSR count). The molecule has 0 saturated carbocycles. The fourth-order valence-electron chi connectivity index (χ4n) is 2.66. The fraction of sp³-hybridized carbons (Fsp3) is 0.353. The molecule has 26 heavy (non-hydrogen) atoms. The van der Waals surface area contributed by atoms with E-state index in [1.165, 1.54) is 16.8 Å². The first-order valence-electron chi connectivity index (χ1n) is 8.37. The van der Waals surface area contributed by atoms with Crippen LogP contribution in [0.3, 0.4) is 0 Å². The van der Waals surface area contributed by atoms with Crippen molar-refractivity contribution in [3.8, 4) is 0 Å². The fourth-order valence-corrected chi connectivity index (χ4v) is 2.66. The molecule has 0 aliphatic rings. The van der Waals surface area contributed by atoms with E-state index in [4.69, 9.17) is 0 Å². The number of halogens is 1. The Bertz CT molecular complexity index is 829. The zero-order valence-electron chi connectivity index (χ0n) is 14.4. The van der Waals surface area contributed by atoms with Crippen molar-refractivity contribution in [1.82, 2.24) is 35.3 Å². The number of hydrogen-bond acceptors (Lipinski definition) is 5. The summed E-state index contributed by atoms with van der Waals surface area (Å²) in [6.45, 7) is 2.97. The first kappa shape index (κ1) is 17.7. The van der Waals surface area contributed by atoms with Crippen molar-refractivity contribution in [3.05, 3.63) is 59.9 Å². The summed E-state index contributed by atoms with van der Waals surface area (Å²) in [4.78, 5) is 12.7. The number of carbonyl (C=O) groups excluding carboxylic acids is 1. The summed E-state index contributed by atoms with van der Waals surface area (Å²) in [5, 5.41) is 18.5. The van der Waals surface area contributed by atoms with Gasteiger partial charge in [0, 0.05) is 31.9 Å². The van der Waals surface area contributed by atoms with Gasteiger partial charge in [-0.3, -0.25) is 9.48 Å². The Morgan fingerprint density at radius 2 is 2.12 bits per heavy atom. The number of benzene rings is 1. The van der Waals surface area contributed by atoms with Crippen LogP contribution in [0.25, 0.3) is 0 Å². The summed E-state index contributed by atoms with van der Waals surface area (Å²) in [6.07, 6.45) is 4.73. The van der Waals surface area contributed by atoms with Crippen molar-refractivity contribution in [1.29, 1.82) is 0 Å². The van der Waals surface area contributed by atoms with Gasteiger partial charge in [0.15, 0.2) is 0 Å². The molecule has 1 aromatic carbocycles.